The summed E-state index contributed by atoms with van der Waals surface area (Å²) in [6.07, 6.45) is 0. The Balaban J connectivity index is 0. The predicted molar refractivity (Wildman–Crippen MR) is 44.9 cm³/mol. The van der Waals surface area contributed by atoms with E-state index in [1.807, 2.05) is 0 Å². The molecule has 0 aromatic heterocycles. The molecule has 0 heterocycles. The van der Waals surface area contributed by atoms with Crippen molar-refractivity contribution in [1.82, 2.24) is 0 Å². The molecule has 0 aliphatic carbocycles. The Labute approximate surface area is 96.2 Å². The van der Waals surface area contributed by atoms with Crippen LogP contribution >= 0.6 is 0 Å². The van der Waals surface area contributed by atoms with Crippen LogP contribution in [0.25, 0.3) is 0 Å². The molecule has 0 bridgehead atoms. The first kappa shape index (κ1) is 14.6. The van der Waals surface area contributed by atoms with E-state index in [4.69, 9.17) is 4.74 Å². The third kappa shape index (κ3) is 14.0. The van der Waals surface area contributed by atoms with Gasteiger partial charge >= 0.3 is 0 Å². The second kappa shape index (κ2) is 6.57. The fraction of sp³-hybridized carbons (Fsp3) is 0.889. The van der Waals surface area contributed by atoms with Crippen LogP contribution in [0.1, 0.15) is 34.6 Å². The molecule has 11 heavy (non-hydrogen) atoms. The Morgan fingerprint density at radius 3 is 1.91 bits per heavy atom. The van der Waals surface area contributed by atoms with Crippen molar-refractivity contribution in [2.24, 2.45) is 5.41 Å². The molecule has 0 saturated heterocycles. The second-order valence-corrected chi connectivity index (χ2v) is 4.26. The average molecular weight is 232 g/mol. The molecule has 0 atom stereocenters. The minimum absolute atomic E-state index is 0. The molecule has 0 aromatic rings. The molecule has 0 saturated carbocycles. The zero-order chi connectivity index (χ0) is 8.20. The van der Waals surface area contributed by atoms with Gasteiger partial charge in [-0.3, -0.25) is 5.92 Å². The number of rotatable bonds is 3. The van der Waals surface area contributed by atoms with Gasteiger partial charge in [-0.15, -0.1) is 0 Å². The standard InChI is InChI=1S/C9H19O.Y/c1-8(2)6-10-7-9(3,4)5;/h6-7H2,1-5H3;/q-1;. The number of hydrogen-bond acceptors (Lipinski definition) is 1. The van der Waals surface area contributed by atoms with Gasteiger partial charge in [0.1, 0.15) is 0 Å². The Hall–Kier alpha value is 1.06. The molecule has 65 valence electrons. The van der Waals surface area contributed by atoms with Crippen molar-refractivity contribution >= 4 is 0 Å². The number of hydrogen-bond donors (Lipinski definition) is 0. The van der Waals surface area contributed by atoms with Gasteiger partial charge in [-0.2, -0.15) is 13.8 Å². The van der Waals surface area contributed by atoms with Crippen LogP contribution in [0.5, 0.6) is 0 Å². The van der Waals surface area contributed by atoms with E-state index in [2.05, 4.69) is 34.6 Å². The first-order valence-electron chi connectivity index (χ1n) is 3.78. The van der Waals surface area contributed by atoms with Gasteiger partial charge in [-0.25, -0.2) is 0 Å². The summed E-state index contributed by atoms with van der Waals surface area (Å²) in [5.41, 5.74) is 0.301. The van der Waals surface area contributed by atoms with Crippen LogP contribution in [-0.4, -0.2) is 13.2 Å². The van der Waals surface area contributed by atoms with E-state index in [1.54, 1.807) is 0 Å². The Morgan fingerprint density at radius 2 is 1.64 bits per heavy atom. The van der Waals surface area contributed by atoms with Crippen molar-refractivity contribution in [3.05, 3.63) is 5.92 Å². The van der Waals surface area contributed by atoms with E-state index in [0.717, 1.165) is 13.2 Å². The first-order chi connectivity index (χ1) is 4.42. The fourth-order valence-corrected chi connectivity index (χ4v) is 0.561. The summed E-state index contributed by atoms with van der Waals surface area (Å²) in [6.45, 7) is 12.4. The summed E-state index contributed by atoms with van der Waals surface area (Å²) in [5.74, 6) is 1.34. The zero-order valence-electron chi connectivity index (χ0n) is 8.40. The zero-order valence-corrected chi connectivity index (χ0v) is 11.2. The van der Waals surface area contributed by atoms with E-state index < -0.39 is 0 Å². The quantitative estimate of drug-likeness (QED) is 0.680. The molecular weight excluding hydrogens is 213 g/mol. The van der Waals surface area contributed by atoms with Crippen LogP contribution in [0, 0.1) is 11.3 Å². The van der Waals surface area contributed by atoms with Gasteiger partial charge in [0.2, 0.25) is 0 Å². The average Bonchev–Trinajstić information content (AvgIpc) is 1.59. The Kier molecular flexibility index (Phi) is 8.70. The molecule has 0 unspecified atom stereocenters. The smallest absolute Gasteiger partial charge is 0.0479 e. The van der Waals surface area contributed by atoms with Crippen molar-refractivity contribution in [1.29, 1.82) is 0 Å². The second-order valence-electron chi connectivity index (χ2n) is 4.26. The molecule has 2 heteroatoms. The van der Waals surface area contributed by atoms with Crippen molar-refractivity contribution in [3.63, 3.8) is 0 Å². The van der Waals surface area contributed by atoms with E-state index in [0.29, 0.717) is 5.41 Å². The van der Waals surface area contributed by atoms with Crippen LogP contribution < -0.4 is 0 Å². The van der Waals surface area contributed by atoms with Crippen LogP contribution in [0.4, 0.5) is 0 Å². The molecule has 0 spiro atoms. The van der Waals surface area contributed by atoms with Gasteiger partial charge < -0.3 is 4.74 Å². The van der Waals surface area contributed by atoms with E-state index in [9.17, 15) is 0 Å². The minimum atomic E-state index is 0. The van der Waals surface area contributed by atoms with Crippen LogP contribution in [0.2, 0.25) is 0 Å². The van der Waals surface area contributed by atoms with Crippen LogP contribution in [0.15, 0.2) is 0 Å². The molecule has 0 aliphatic heterocycles. The summed E-state index contributed by atoms with van der Waals surface area (Å²) >= 11 is 0. The summed E-state index contributed by atoms with van der Waals surface area (Å²) in [5, 5.41) is 0. The molecular formula is C9H19OY-. The molecule has 0 aliphatic rings. The van der Waals surface area contributed by atoms with Crippen molar-refractivity contribution in [2.45, 2.75) is 34.6 Å². The fourth-order valence-electron chi connectivity index (χ4n) is 0.561. The maximum atomic E-state index is 5.42. The van der Waals surface area contributed by atoms with Crippen molar-refractivity contribution in [2.75, 3.05) is 13.2 Å². The summed E-state index contributed by atoms with van der Waals surface area (Å²) in [6, 6.07) is 0. The minimum Gasteiger partial charge on any atom is -0.412 e. The first-order valence-corrected chi connectivity index (χ1v) is 3.78. The van der Waals surface area contributed by atoms with E-state index >= 15 is 0 Å². The van der Waals surface area contributed by atoms with Gasteiger partial charge in [0, 0.05) is 39.3 Å². The molecule has 0 rings (SSSR count). The van der Waals surface area contributed by atoms with Crippen LogP contribution in [-0.2, 0) is 37.4 Å². The Morgan fingerprint density at radius 1 is 1.18 bits per heavy atom. The third-order valence-electron chi connectivity index (χ3n) is 0.926. The molecule has 0 N–H and O–H groups in total. The summed E-state index contributed by atoms with van der Waals surface area (Å²) in [7, 11) is 0. The Bertz CT molecular complexity index is 84.1. The van der Waals surface area contributed by atoms with Gasteiger partial charge in [-0.05, 0) is 5.41 Å². The van der Waals surface area contributed by atoms with Crippen LogP contribution in [0.3, 0.4) is 0 Å². The van der Waals surface area contributed by atoms with Crippen molar-refractivity contribution < 1.29 is 37.4 Å². The summed E-state index contributed by atoms with van der Waals surface area (Å²) < 4.78 is 5.42. The molecule has 0 amide bonds. The van der Waals surface area contributed by atoms with Gasteiger partial charge in [-0.1, -0.05) is 27.4 Å². The molecule has 1 nitrogen and oxygen atoms in total. The topological polar surface area (TPSA) is 9.23 Å². The third-order valence-corrected chi connectivity index (χ3v) is 0.926. The van der Waals surface area contributed by atoms with Gasteiger partial charge in [0.05, 0.1) is 0 Å². The van der Waals surface area contributed by atoms with Crippen molar-refractivity contribution in [3.8, 4) is 0 Å². The van der Waals surface area contributed by atoms with Gasteiger partial charge in [0.15, 0.2) is 0 Å². The molecule has 0 fully saturated rings. The molecule has 1 radical (unpaired) electrons. The largest absolute Gasteiger partial charge is 0.412 e. The molecule has 0 aromatic carbocycles. The van der Waals surface area contributed by atoms with E-state index in [1.165, 1.54) is 5.92 Å². The maximum Gasteiger partial charge on any atom is 0.0479 e. The van der Waals surface area contributed by atoms with E-state index in [-0.39, 0.29) is 32.7 Å². The summed E-state index contributed by atoms with van der Waals surface area (Å²) in [4.78, 5) is 0. The number of ether oxygens (including phenoxy) is 1. The van der Waals surface area contributed by atoms with Gasteiger partial charge in [0.25, 0.3) is 0 Å². The normalized spacial score (nSPS) is 11.5. The SMILES string of the molecule is C[C-](C)COCC(C)(C)C.[Y]. The predicted octanol–water partition coefficient (Wildman–Crippen LogP) is 2.66. The maximum absolute atomic E-state index is 5.42. The monoisotopic (exact) mass is 232 g/mol.